The van der Waals surface area contributed by atoms with Crippen molar-refractivity contribution in [3.05, 3.63) is 101 Å². The van der Waals surface area contributed by atoms with E-state index in [1.165, 1.54) is 4.90 Å². The lowest BCUT2D eigenvalue weighted by atomic mass is 10.0. The topological polar surface area (TPSA) is 86.8 Å². The van der Waals surface area contributed by atoms with Crippen molar-refractivity contribution >= 4 is 39.1 Å². The smallest absolute Gasteiger partial charge is 0.244 e. The molecule has 0 spiro atoms. The molecule has 0 saturated carbocycles. The molecule has 0 aromatic heterocycles. The zero-order chi connectivity index (χ0) is 28.4. The van der Waals surface area contributed by atoms with Crippen LogP contribution < -0.4 is 9.62 Å². The van der Waals surface area contributed by atoms with Crippen molar-refractivity contribution in [3.63, 3.8) is 0 Å². The molecule has 2 amide bonds. The summed E-state index contributed by atoms with van der Waals surface area (Å²) in [6.45, 7) is 4.03. The summed E-state index contributed by atoms with van der Waals surface area (Å²) in [6, 6.07) is 22.8. The third kappa shape index (κ3) is 8.57. The van der Waals surface area contributed by atoms with Crippen LogP contribution >= 0.6 is 11.6 Å². The second kappa shape index (κ2) is 14.1. The molecule has 39 heavy (non-hydrogen) atoms. The van der Waals surface area contributed by atoms with E-state index >= 15 is 0 Å². The molecule has 0 fully saturated rings. The van der Waals surface area contributed by atoms with E-state index in [0.29, 0.717) is 23.7 Å². The second-order valence-corrected chi connectivity index (χ2v) is 11.7. The molecule has 208 valence electrons. The van der Waals surface area contributed by atoms with E-state index in [0.717, 1.165) is 33.7 Å². The molecule has 0 aliphatic heterocycles. The third-order valence-corrected chi connectivity index (χ3v) is 7.79. The van der Waals surface area contributed by atoms with Crippen molar-refractivity contribution in [1.82, 2.24) is 10.2 Å². The molecular weight excluding hydrogens is 534 g/mol. The van der Waals surface area contributed by atoms with Crippen LogP contribution in [0.3, 0.4) is 0 Å². The number of hydrogen-bond donors (Lipinski definition) is 1. The zero-order valence-electron chi connectivity index (χ0n) is 22.6. The predicted octanol–water partition coefficient (Wildman–Crippen LogP) is 4.83. The van der Waals surface area contributed by atoms with Crippen LogP contribution in [0.5, 0.6) is 0 Å². The van der Waals surface area contributed by atoms with Crippen LogP contribution in [-0.2, 0) is 39.0 Å². The lowest BCUT2D eigenvalue weighted by Crippen LogP contribution is -2.53. The van der Waals surface area contributed by atoms with E-state index < -0.39 is 28.5 Å². The first-order chi connectivity index (χ1) is 18.6. The zero-order valence-corrected chi connectivity index (χ0v) is 24.2. The van der Waals surface area contributed by atoms with E-state index in [9.17, 15) is 18.0 Å². The molecule has 1 N–H and O–H groups in total. The molecule has 0 heterocycles. The highest BCUT2D eigenvalue weighted by molar-refractivity contribution is 7.92. The predicted molar refractivity (Wildman–Crippen MR) is 157 cm³/mol. The second-order valence-electron chi connectivity index (χ2n) is 9.40. The summed E-state index contributed by atoms with van der Waals surface area (Å²) >= 11 is 6.09. The van der Waals surface area contributed by atoms with Gasteiger partial charge in [0.05, 0.1) is 11.9 Å². The number of anilines is 1. The number of aryl methyl sites for hydroxylation is 1. The van der Waals surface area contributed by atoms with Crippen molar-refractivity contribution in [2.45, 2.75) is 45.7 Å². The summed E-state index contributed by atoms with van der Waals surface area (Å²) in [5.41, 5.74) is 2.92. The molecule has 3 rings (SSSR count). The van der Waals surface area contributed by atoms with Gasteiger partial charge < -0.3 is 10.2 Å². The maximum atomic E-state index is 14.1. The molecule has 3 aromatic carbocycles. The van der Waals surface area contributed by atoms with Gasteiger partial charge in [-0.1, -0.05) is 86.1 Å². The van der Waals surface area contributed by atoms with Gasteiger partial charge in [0.25, 0.3) is 0 Å². The lowest BCUT2D eigenvalue weighted by Gasteiger charge is -2.34. The number of sulfonamides is 1. The molecule has 0 saturated heterocycles. The fourth-order valence-corrected chi connectivity index (χ4v) is 5.36. The van der Waals surface area contributed by atoms with Crippen LogP contribution in [0.4, 0.5) is 5.69 Å². The van der Waals surface area contributed by atoms with Gasteiger partial charge in [-0.2, -0.15) is 0 Å². The highest BCUT2D eigenvalue weighted by Gasteiger charge is 2.33. The van der Waals surface area contributed by atoms with Gasteiger partial charge in [-0.3, -0.25) is 13.9 Å². The van der Waals surface area contributed by atoms with Crippen molar-refractivity contribution in [1.29, 1.82) is 0 Å². The summed E-state index contributed by atoms with van der Waals surface area (Å²) in [6.07, 6.45) is 2.71. The quantitative estimate of drug-likeness (QED) is 0.319. The Balaban J connectivity index is 2.05. The molecule has 0 radical (unpaired) electrons. The number of nitrogens with zero attached hydrogens (tertiary/aromatic N) is 2. The summed E-state index contributed by atoms with van der Waals surface area (Å²) in [7, 11) is -3.81. The maximum Gasteiger partial charge on any atom is 0.244 e. The van der Waals surface area contributed by atoms with Gasteiger partial charge in [0.15, 0.2) is 0 Å². The first-order valence-electron chi connectivity index (χ1n) is 13.0. The summed E-state index contributed by atoms with van der Waals surface area (Å²) in [5.74, 6) is -0.767. The normalized spacial score (nSPS) is 12.0. The van der Waals surface area contributed by atoms with Gasteiger partial charge in [-0.15, -0.1) is 0 Å². The van der Waals surface area contributed by atoms with Crippen LogP contribution in [0.15, 0.2) is 78.9 Å². The number of para-hydroxylation sites is 1. The van der Waals surface area contributed by atoms with Crippen molar-refractivity contribution < 1.29 is 18.0 Å². The van der Waals surface area contributed by atoms with Gasteiger partial charge in [0, 0.05) is 24.5 Å². The standard InChI is InChI=1S/C30H36ClN3O4S/c1-4-19-32-30(36)28(20-23-11-7-6-8-12-23)33(21-24-15-17-26(31)18-16-24)29(35)22-34(39(3,37)38)27-14-10-9-13-25(27)5-2/h6-18,28H,4-5,19-22H2,1-3H3,(H,32,36). The Morgan fingerprint density at radius 1 is 0.897 bits per heavy atom. The molecule has 7 nitrogen and oxygen atoms in total. The number of carbonyl (C=O) groups is 2. The molecule has 1 atom stereocenters. The molecule has 9 heteroatoms. The largest absolute Gasteiger partial charge is 0.354 e. The van der Waals surface area contributed by atoms with Gasteiger partial charge in [-0.05, 0) is 47.7 Å². The average Bonchev–Trinajstić information content (AvgIpc) is 2.93. The van der Waals surface area contributed by atoms with Crippen LogP contribution in [0.25, 0.3) is 0 Å². The van der Waals surface area contributed by atoms with Gasteiger partial charge >= 0.3 is 0 Å². The van der Waals surface area contributed by atoms with Gasteiger partial charge in [0.1, 0.15) is 12.6 Å². The molecule has 1 unspecified atom stereocenters. The van der Waals surface area contributed by atoms with Gasteiger partial charge in [-0.25, -0.2) is 8.42 Å². The Kier molecular flexibility index (Phi) is 10.9. The lowest BCUT2D eigenvalue weighted by molar-refractivity contribution is -0.140. The highest BCUT2D eigenvalue weighted by atomic mass is 35.5. The number of benzene rings is 3. The fraction of sp³-hybridized carbons (Fsp3) is 0.333. The summed E-state index contributed by atoms with van der Waals surface area (Å²) in [5, 5.41) is 3.48. The number of carbonyl (C=O) groups excluding carboxylic acids is 2. The molecule has 3 aromatic rings. The summed E-state index contributed by atoms with van der Waals surface area (Å²) in [4.78, 5) is 29.0. The van der Waals surface area contributed by atoms with E-state index in [-0.39, 0.29) is 18.9 Å². The third-order valence-electron chi connectivity index (χ3n) is 6.41. The van der Waals surface area contributed by atoms with Crippen LogP contribution in [0.1, 0.15) is 37.0 Å². The van der Waals surface area contributed by atoms with Crippen molar-refractivity contribution in [2.75, 3.05) is 23.7 Å². The van der Waals surface area contributed by atoms with Crippen LogP contribution in [0, 0.1) is 0 Å². The first kappa shape index (κ1) is 30.2. The molecule has 0 aliphatic carbocycles. The molecular formula is C30H36ClN3O4S. The number of hydrogen-bond acceptors (Lipinski definition) is 4. The monoisotopic (exact) mass is 569 g/mol. The minimum absolute atomic E-state index is 0.111. The van der Waals surface area contributed by atoms with Crippen LogP contribution in [-0.4, -0.2) is 50.5 Å². The van der Waals surface area contributed by atoms with Crippen molar-refractivity contribution in [2.24, 2.45) is 0 Å². The number of amides is 2. The van der Waals surface area contributed by atoms with Crippen LogP contribution in [0.2, 0.25) is 5.02 Å². The number of nitrogens with one attached hydrogen (secondary N) is 1. The van der Waals surface area contributed by atoms with E-state index in [1.807, 2.05) is 56.3 Å². The number of halogens is 1. The Labute approximate surface area is 236 Å². The minimum atomic E-state index is -3.81. The summed E-state index contributed by atoms with van der Waals surface area (Å²) < 4.78 is 27.0. The van der Waals surface area contributed by atoms with E-state index in [4.69, 9.17) is 11.6 Å². The average molecular weight is 570 g/mol. The Hall–Kier alpha value is -3.36. The maximum absolute atomic E-state index is 14.1. The Bertz CT molecular complexity index is 1350. The minimum Gasteiger partial charge on any atom is -0.354 e. The molecule has 0 bridgehead atoms. The Morgan fingerprint density at radius 3 is 2.15 bits per heavy atom. The Morgan fingerprint density at radius 2 is 1.54 bits per heavy atom. The van der Waals surface area contributed by atoms with Crippen molar-refractivity contribution in [3.8, 4) is 0 Å². The number of rotatable bonds is 13. The highest BCUT2D eigenvalue weighted by Crippen LogP contribution is 2.25. The SMILES string of the molecule is CCCNC(=O)C(Cc1ccccc1)N(Cc1ccc(Cl)cc1)C(=O)CN(c1ccccc1CC)S(C)(=O)=O. The molecule has 0 aliphatic rings. The first-order valence-corrected chi connectivity index (χ1v) is 15.3. The fourth-order valence-electron chi connectivity index (χ4n) is 4.35. The van der Waals surface area contributed by atoms with E-state index in [2.05, 4.69) is 5.32 Å². The van der Waals surface area contributed by atoms with E-state index in [1.54, 1.807) is 36.4 Å². The van der Waals surface area contributed by atoms with Gasteiger partial charge in [0.2, 0.25) is 21.8 Å².